The van der Waals surface area contributed by atoms with Gasteiger partial charge in [0.2, 0.25) is 0 Å². The first-order valence-corrected chi connectivity index (χ1v) is 8.92. The SMILES string of the molecule is CC(C)c1ccc(CN(C(=N)Br)C(=N)CCC(=O)O)c2ccccc12. The normalized spacial score (nSPS) is 10.9. The van der Waals surface area contributed by atoms with Crippen LogP contribution in [0.5, 0.6) is 0 Å². The van der Waals surface area contributed by atoms with Crippen LogP contribution in [-0.2, 0) is 11.3 Å². The minimum atomic E-state index is -0.947. The van der Waals surface area contributed by atoms with Crippen LogP contribution in [0.4, 0.5) is 0 Å². The predicted octanol–water partition coefficient (Wildman–Crippen LogP) is 4.94. The summed E-state index contributed by atoms with van der Waals surface area (Å²) in [5.74, 6) is -0.433. The monoisotopic (exact) mass is 403 g/mol. The average molecular weight is 404 g/mol. The zero-order chi connectivity index (χ0) is 18.6. The number of hydrogen-bond acceptors (Lipinski definition) is 3. The second-order valence-electron chi connectivity index (χ2n) is 6.23. The molecular weight excluding hydrogens is 382 g/mol. The number of hydrogen-bond donors (Lipinski definition) is 3. The van der Waals surface area contributed by atoms with Gasteiger partial charge in [0, 0.05) is 6.42 Å². The minimum Gasteiger partial charge on any atom is -0.481 e. The molecular formula is C19H22BrN3O2. The van der Waals surface area contributed by atoms with E-state index < -0.39 is 5.97 Å². The Bertz CT molecular complexity index is 817. The second kappa shape index (κ2) is 8.25. The van der Waals surface area contributed by atoms with Crippen LogP contribution in [0, 0.1) is 10.8 Å². The molecule has 5 nitrogen and oxygen atoms in total. The lowest BCUT2D eigenvalue weighted by Crippen LogP contribution is -2.32. The summed E-state index contributed by atoms with van der Waals surface area (Å²) in [6.45, 7) is 4.66. The van der Waals surface area contributed by atoms with Gasteiger partial charge in [-0.15, -0.1) is 0 Å². The Labute approximate surface area is 155 Å². The number of aliphatic carboxylic acids is 1. The Morgan fingerprint density at radius 1 is 1.12 bits per heavy atom. The number of nitrogens with zero attached hydrogens (tertiary/aromatic N) is 1. The second-order valence-corrected chi connectivity index (χ2v) is 6.98. The van der Waals surface area contributed by atoms with E-state index in [-0.39, 0.29) is 23.4 Å². The lowest BCUT2D eigenvalue weighted by Gasteiger charge is -2.24. The van der Waals surface area contributed by atoms with E-state index in [1.807, 2.05) is 24.3 Å². The molecule has 132 valence electrons. The molecule has 2 rings (SSSR count). The van der Waals surface area contributed by atoms with E-state index in [0.29, 0.717) is 12.5 Å². The molecule has 0 saturated heterocycles. The van der Waals surface area contributed by atoms with Crippen molar-refractivity contribution < 1.29 is 9.90 Å². The number of halogens is 1. The highest BCUT2D eigenvalue weighted by Crippen LogP contribution is 2.29. The van der Waals surface area contributed by atoms with Gasteiger partial charge >= 0.3 is 5.97 Å². The van der Waals surface area contributed by atoms with Gasteiger partial charge in [-0.25, -0.2) is 0 Å². The number of amidine groups is 2. The summed E-state index contributed by atoms with van der Waals surface area (Å²) >= 11 is 3.13. The number of fused-ring (bicyclic) bond motifs is 1. The van der Waals surface area contributed by atoms with Crippen molar-refractivity contribution in [2.75, 3.05) is 0 Å². The van der Waals surface area contributed by atoms with Crippen LogP contribution >= 0.6 is 15.9 Å². The topological polar surface area (TPSA) is 88.2 Å². The average Bonchev–Trinajstić information content (AvgIpc) is 2.56. The van der Waals surface area contributed by atoms with Crippen LogP contribution in [0.25, 0.3) is 10.8 Å². The van der Waals surface area contributed by atoms with E-state index in [0.717, 1.165) is 10.9 Å². The number of rotatable bonds is 6. The van der Waals surface area contributed by atoms with E-state index in [4.69, 9.17) is 15.9 Å². The molecule has 0 aromatic heterocycles. The summed E-state index contributed by atoms with van der Waals surface area (Å²) in [6.07, 6.45) is -0.0338. The summed E-state index contributed by atoms with van der Waals surface area (Å²) in [6, 6.07) is 12.3. The van der Waals surface area contributed by atoms with Crippen LogP contribution in [0.3, 0.4) is 0 Å². The molecule has 0 aliphatic rings. The van der Waals surface area contributed by atoms with Crippen molar-refractivity contribution in [3.05, 3.63) is 47.5 Å². The van der Waals surface area contributed by atoms with Crippen molar-refractivity contribution in [1.29, 1.82) is 10.8 Å². The largest absolute Gasteiger partial charge is 0.481 e. The summed E-state index contributed by atoms with van der Waals surface area (Å²) in [5, 5.41) is 27.1. The Hall–Kier alpha value is -2.21. The van der Waals surface area contributed by atoms with Gasteiger partial charge in [-0.2, -0.15) is 0 Å². The van der Waals surface area contributed by atoms with Crippen molar-refractivity contribution in [3.63, 3.8) is 0 Å². The summed E-state index contributed by atoms with van der Waals surface area (Å²) in [5.41, 5.74) is 2.27. The molecule has 6 heteroatoms. The molecule has 2 aromatic rings. The Morgan fingerprint density at radius 2 is 1.76 bits per heavy atom. The van der Waals surface area contributed by atoms with Crippen molar-refractivity contribution in [2.45, 2.75) is 39.2 Å². The predicted molar refractivity (Wildman–Crippen MR) is 105 cm³/mol. The van der Waals surface area contributed by atoms with Gasteiger partial charge in [-0.3, -0.25) is 15.6 Å². The van der Waals surface area contributed by atoms with Crippen molar-refractivity contribution in [3.8, 4) is 0 Å². The number of nitrogens with one attached hydrogen (secondary N) is 2. The maximum absolute atomic E-state index is 10.8. The van der Waals surface area contributed by atoms with E-state index in [9.17, 15) is 4.79 Å². The molecule has 25 heavy (non-hydrogen) atoms. The van der Waals surface area contributed by atoms with E-state index in [1.165, 1.54) is 15.8 Å². The van der Waals surface area contributed by atoms with Crippen molar-refractivity contribution in [2.24, 2.45) is 0 Å². The van der Waals surface area contributed by atoms with Gasteiger partial charge in [0.15, 0.2) is 4.74 Å². The minimum absolute atomic E-state index is 0.0555. The Kier molecular flexibility index (Phi) is 6.31. The maximum atomic E-state index is 10.8. The fraction of sp³-hybridized carbons (Fsp3) is 0.316. The zero-order valence-corrected chi connectivity index (χ0v) is 15.9. The lowest BCUT2D eigenvalue weighted by molar-refractivity contribution is -0.136. The van der Waals surface area contributed by atoms with Gasteiger partial charge in [0.1, 0.15) is 5.84 Å². The van der Waals surface area contributed by atoms with Crippen LogP contribution in [0.1, 0.15) is 43.7 Å². The highest BCUT2D eigenvalue weighted by Gasteiger charge is 2.17. The quantitative estimate of drug-likeness (QED) is 0.362. The molecule has 0 atom stereocenters. The molecule has 0 bridgehead atoms. The van der Waals surface area contributed by atoms with Gasteiger partial charge < -0.3 is 10.0 Å². The third kappa shape index (κ3) is 4.66. The summed E-state index contributed by atoms with van der Waals surface area (Å²) in [7, 11) is 0. The van der Waals surface area contributed by atoms with Crippen LogP contribution < -0.4 is 0 Å². The number of carbonyl (C=O) groups is 1. The fourth-order valence-corrected chi connectivity index (χ4v) is 3.18. The molecule has 3 N–H and O–H groups in total. The third-order valence-corrected chi connectivity index (χ3v) is 4.57. The number of benzene rings is 2. The number of carboxylic acid groups (broad SMARTS) is 1. The Morgan fingerprint density at radius 3 is 2.32 bits per heavy atom. The van der Waals surface area contributed by atoms with Crippen molar-refractivity contribution in [1.82, 2.24) is 4.90 Å². The van der Waals surface area contributed by atoms with Crippen molar-refractivity contribution >= 4 is 43.3 Å². The standard InChI is InChI=1S/C19H22BrN3O2/c1-12(2)14-8-7-13(15-5-3-4-6-16(14)15)11-23(19(20)22)17(21)9-10-18(24)25/h3-8,12,21-22H,9-11H2,1-2H3,(H,24,25). The van der Waals surface area contributed by atoms with E-state index >= 15 is 0 Å². The van der Waals surface area contributed by atoms with Gasteiger partial charge in [0.05, 0.1) is 13.0 Å². The summed E-state index contributed by atoms with van der Waals surface area (Å²) < 4.78 is 0.0555. The molecule has 0 spiro atoms. The highest BCUT2D eigenvalue weighted by molar-refractivity contribution is 9.18. The first-order chi connectivity index (χ1) is 11.8. The smallest absolute Gasteiger partial charge is 0.303 e. The molecule has 0 aliphatic heterocycles. The van der Waals surface area contributed by atoms with E-state index in [1.54, 1.807) is 0 Å². The van der Waals surface area contributed by atoms with Gasteiger partial charge in [0.25, 0.3) is 0 Å². The van der Waals surface area contributed by atoms with Crippen LogP contribution in [-0.4, -0.2) is 26.6 Å². The molecule has 0 fully saturated rings. The van der Waals surface area contributed by atoms with Gasteiger partial charge in [-0.05, 0) is 43.7 Å². The molecule has 2 aromatic carbocycles. The molecule has 0 amide bonds. The molecule has 0 unspecified atom stereocenters. The van der Waals surface area contributed by atoms with Crippen LogP contribution in [0.2, 0.25) is 0 Å². The maximum Gasteiger partial charge on any atom is 0.303 e. The first kappa shape index (κ1) is 19.1. The van der Waals surface area contributed by atoms with E-state index in [2.05, 4.69) is 41.9 Å². The van der Waals surface area contributed by atoms with Gasteiger partial charge in [-0.1, -0.05) is 50.2 Å². The fourth-order valence-electron chi connectivity index (χ4n) is 2.84. The highest BCUT2D eigenvalue weighted by atomic mass is 79.9. The molecule has 0 saturated carbocycles. The number of carboxylic acids is 1. The zero-order valence-electron chi connectivity index (χ0n) is 14.3. The molecule has 0 heterocycles. The Balaban J connectivity index is 2.37. The third-order valence-electron chi connectivity index (χ3n) is 4.14. The van der Waals surface area contributed by atoms with Crippen LogP contribution in [0.15, 0.2) is 36.4 Å². The summed E-state index contributed by atoms with van der Waals surface area (Å²) in [4.78, 5) is 12.2. The first-order valence-electron chi connectivity index (χ1n) is 8.12. The molecule has 0 aliphatic carbocycles. The molecule has 0 radical (unpaired) electrons. The lowest BCUT2D eigenvalue weighted by atomic mass is 9.93.